The maximum Gasteiger partial charge on any atom is 0.224 e. The van der Waals surface area contributed by atoms with Crippen LogP contribution in [0.4, 0.5) is 0 Å². The lowest BCUT2D eigenvalue weighted by Crippen LogP contribution is -2.58. The molecule has 0 saturated carbocycles. The molecule has 3 aliphatic rings. The predicted octanol–water partition coefficient (Wildman–Crippen LogP) is 2.88. The van der Waals surface area contributed by atoms with Crippen molar-refractivity contribution in [1.29, 1.82) is 0 Å². The highest BCUT2D eigenvalue weighted by atomic mass is 16.5. The van der Waals surface area contributed by atoms with Crippen LogP contribution in [-0.4, -0.2) is 44.9 Å². The van der Waals surface area contributed by atoms with E-state index in [0.29, 0.717) is 25.1 Å². The number of nitrogens with one attached hydrogen (secondary N) is 1. The van der Waals surface area contributed by atoms with Gasteiger partial charge in [-0.25, -0.2) is 0 Å². The summed E-state index contributed by atoms with van der Waals surface area (Å²) in [6.45, 7) is 3.68. The van der Waals surface area contributed by atoms with Gasteiger partial charge in [0.05, 0.1) is 18.7 Å². The maximum atomic E-state index is 12.8. The van der Waals surface area contributed by atoms with Crippen LogP contribution in [0.5, 0.6) is 5.75 Å². The average Bonchev–Trinajstić information content (AvgIpc) is 3.30. The molecule has 1 amide bonds. The number of amides is 1. The largest absolute Gasteiger partial charge is 0.487 e. The second kappa shape index (κ2) is 9.53. The van der Waals surface area contributed by atoms with Crippen LogP contribution >= 0.6 is 0 Å². The molecule has 7 nitrogen and oxygen atoms in total. The third kappa shape index (κ3) is 4.83. The minimum Gasteiger partial charge on any atom is -0.487 e. The molecule has 0 spiro atoms. The zero-order valence-corrected chi connectivity index (χ0v) is 18.1. The number of nitrogens with zero attached hydrogens (tertiary/aromatic N) is 4. The van der Waals surface area contributed by atoms with E-state index in [1.54, 1.807) is 0 Å². The summed E-state index contributed by atoms with van der Waals surface area (Å²) in [5.74, 6) is 1.52. The summed E-state index contributed by atoms with van der Waals surface area (Å²) in [5.41, 5.74) is 1.96. The van der Waals surface area contributed by atoms with Crippen LogP contribution in [0, 0.1) is 11.8 Å². The molecule has 7 heteroatoms. The second-order valence-corrected chi connectivity index (χ2v) is 8.78. The summed E-state index contributed by atoms with van der Waals surface area (Å²) in [5, 5.41) is 11.7. The van der Waals surface area contributed by atoms with Crippen LogP contribution in [0.3, 0.4) is 0 Å². The van der Waals surface area contributed by atoms with Crippen LogP contribution in [0.15, 0.2) is 66.9 Å². The van der Waals surface area contributed by atoms with Crippen molar-refractivity contribution in [2.24, 2.45) is 11.8 Å². The molecule has 4 heterocycles. The Hall–Kier alpha value is -3.19. The quantitative estimate of drug-likeness (QED) is 0.594. The minimum atomic E-state index is 0.0780. The molecule has 0 radical (unpaired) electrons. The molecule has 166 valence electrons. The van der Waals surface area contributed by atoms with E-state index in [9.17, 15) is 4.79 Å². The fourth-order valence-electron chi connectivity index (χ4n) is 4.93. The molecular formula is C25H29N5O2. The van der Waals surface area contributed by atoms with E-state index in [4.69, 9.17) is 4.74 Å². The highest BCUT2D eigenvalue weighted by molar-refractivity contribution is 5.79. The zero-order chi connectivity index (χ0) is 21.8. The van der Waals surface area contributed by atoms with E-state index in [1.165, 1.54) is 0 Å². The molecule has 1 aromatic heterocycles. The van der Waals surface area contributed by atoms with Gasteiger partial charge >= 0.3 is 0 Å². The van der Waals surface area contributed by atoms with E-state index in [0.717, 1.165) is 49.5 Å². The van der Waals surface area contributed by atoms with Crippen molar-refractivity contribution in [1.82, 2.24) is 25.2 Å². The number of aromatic nitrogens is 3. The fraction of sp³-hybridized carbons (Fsp3) is 0.400. The maximum absolute atomic E-state index is 12.8. The summed E-state index contributed by atoms with van der Waals surface area (Å²) < 4.78 is 7.69. The number of rotatable bonds is 8. The number of hydrogen-bond donors (Lipinski definition) is 1. The number of para-hydroxylation sites is 1. The van der Waals surface area contributed by atoms with Crippen molar-refractivity contribution in [2.45, 2.75) is 38.6 Å². The van der Waals surface area contributed by atoms with Gasteiger partial charge in [0, 0.05) is 19.1 Å². The highest BCUT2D eigenvalue weighted by Gasteiger charge is 2.43. The first-order chi connectivity index (χ1) is 15.7. The summed E-state index contributed by atoms with van der Waals surface area (Å²) in [6.07, 6.45) is 4.09. The Bertz CT molecular complexity index is 1020. The fourth-order valence-corrected chi connectivity index (χ4v) is 4.93. The van der Waals surface area contributed by atoms with Crippen LogP contribution in [0.25, 0.3) is 0 Å². The first kappa shape index (κ1) is 20.7. The van der Waals surface area contributed by atoms with E-state index in [2.05, 4.69) is 20.5 Å². The lowest BCUT2D eigenvalue weighted by Gasteiger charge is -2.49. The normalized spacial score (nSPS) is 24.2. The smallest absolute Gasteiger partial charge is 0.224 e. The van der Waals surface area contributed by atoms with Gasteiger partial charge in [0.25, 0.3) is 0 Å². The van der Waals surface area contributed by atoms with Crippen molar-refractivity contribution >= 4 is 5.91 Å². The summed E-state index contributed by atoms with van der Waals surface area (Å²) in [7, 11) is 0. The average molecular weight is 432 g/mol. The molecule has 3 saturated heterocycles. The first-order valence-electron chi connectivity index (χ1n) is 11.4. The minimum absolute atomic E-state index is 0.0780. The highest BCUT2D eigenvalue weighted by Crippen LogP contribution is 2.37. The number of piperidine rings is 3. The van der Waals surface area contributed by atoms with Gasteiger partial charge in [-0.3, -0.25) is 14.4 Å². The molecule has 6 rings (SSSR count). The molecule has 2 aromatic carbocycles. The molecule has 3 fully saturated rings. The molecule has 3 aromatic rings. The van der Waals surface area contributed by atoms with E-state index < -0.39 is 0 Å². The van der Waals surface area contributed by atoms with Crippen LogP contribution < -0.4 is 10.1 Å². The van der Waals surface area contributed by atoms with Crippen LogP contribution in [0.2, 0.25) is 0 Å². The third-order valence-corrected chi connectivity index (χ3v) is 6.64. The summed E-state index contributed by atoms with van der Waals surface area (Å²) in [6, 6.07) is 20.2. The third-order valence-electron chi connectivity index (χ3n) is 6.64. The Morgan fingerprint density at radius 3 is 2.62 bits per heavy atom. The van der Waals surface area contributed by atoms with Gasteiger partial charge in [-0.2, -0.15) is 0 Å². The van der Waals surface area contributed by atoms with Gasteiger partial charge in [-0.1, -0.05) is 53.7 Å². The SMILES string of the molecule is O=C(NCc1ccccc1)[C@H]1CN2CC[C@@H]1C[C@@H]2Cn1cc(COc2ccccc2)nn1. The topological polar surface area (TPSA) is 72.3 Å². The van der Waals surface area contributed by atoms with Crippen molar-refractivity contribution in [3.63, 3.8) is 0 Å². The Morgan fingerprint density at radius 2 is 1.88 bits per heavy atom. The number of carbonyl (C=O) groups excluding carboxylic acids is 1. The molecule has 1 N–H and O–H groups in total. The number of fused-ring (bicyclic) bond motifs is 3. The summed E-state index contributed by atoms with van der Waals surface area (Å²) in [4.78, 5) is 15.3. The first-order valence-corrected chi connectivity index (χ1v) is 11.4. The molecule has 2 bridgehead atoms. The zero-order valence-electron chi connectivity index (χ0n) is 18.1. The lowest BCUT2D eigenvalue weighted by molar-refractivity contribution is -0.133. The van der Waals surface area contributed by atoms with Crippen LogP contribution in [0.1, 0.15) is 24.1 Å². The van der Waals surface area contributed by atoms with Gasteiger partial charge in [0.2, 0.25) is 5.91 Å². The Kier molecular flexibility index (Phi) is 6.16. The second-order valence-electron chi connectivity index (χ2n) is 8.78. The monoisotopic (exact) mass is 431 g/mol. The van der Waals surface area contributed by atoms with Crippen LogP contribution in [-0.2, 0) is 24.5 Å². The summed E-state index contributed by atoms with van der Waals surface area (Å²) >= 11 is 0. The van der Waals surface area contributed by atoms with Crippen molar-refractivity contribution in [3.8, 4) is 5.75 Å². The number of benzene rings is 2. The standard InChI is InChI=1S/C25H29N5O2/c31-25(26-14-19-7-3-1-4-8-19)24-17-29-12-11-20(24)13-22(29)16-30-15-21(27-28-30)18-32-23-9-5-2-6-10-23/h1-10,15,20,22,24H,11-14,16-18H2,(H,26,31)/t20-,22-,24+/m1/s1. The lowest BCUT2D eigenvalue weighted by atomic mass is 9.75. The molecule has 3 aliphatic heterocycles. The van der Waals surface area contributed by atoms with Crippen molar-refractivity contribution in [2.75, 3.05) is 13.1 Å². The Morgan fingerprint density at radius 1 is 1.09 bits per heavy atom. The van der Waals surface area contributed by atoms with Gasteiger partial charge in [0.15, 0.2) is 0 Å². The van der Waals surface area contributed by atoms with Gasteiger partial charge in [-0.05, 0) is 43.0 Å². The number of carbonyl (C=O) groups is 1. The van der Waals surface area contributed by atoms with Gasteiger partial charge in [-0.15, -0.1) is 5.10 Å². The molecular weight excluding hydrogens is 402 g/mol. The van der Waals surface area contributed by atoms with Gasteiger partial charge in [0.1, 0.15) is 18.1 Å². The Labute approximate surface area is 188 Å². The van der Waals surface area contributed by atoms with E-state index >= 15 is 0 Å². The molecule has 4 atom stereocenters. The molecule has 32 heavy (non-hydrogen) atoms. The van der Waals surface area contributed by atoms with Crippen molar-refractivity contribution < 1.29 is 9.53 Å². The van der Waals surface area contributed by atoms with E-state index in [-0.39, 0.29) is 11.8 Å². The number of hydrogen-bond acceptors (Lipinski definition) is 5. The van der Waals surface area contributed by atoms with Crippen molar-refractivity contribution in [3.05, 3.63) is 78.1 Å². The molecule has 0 aliphatic carbocycles. The van der Waals surface area contributed by atoms with E-state index in [1.807, 2.05) is 71.5 Å². The van der Waals surface area contributed by atoms with Gasteiger partial charge < -0.3 is 10.1 Å². The number of ether oxygens (including phenoxy) is 1. The molecule has 1 unspecified atom stereocenters. The predicted molar refractivity (Wildman–Crippen MR) is 121 cm³/mol. The Balaban J connectivity index is 1.12.